The number of nitrogens with zero attached hydrogens (tertiary/aromatic N) is 2. The van der Waals surface area contributed by atoms with Crippen LogP contribution in [0, 0.1) is 0 Å². The summed E-state index contributed by atoms with van der Waals surface area (Å²) in [5.41, 5.74) is 0. The van der Waals surface area contributed by atoms with Crippen molar-refractivity contribution in [2.75, 3.05) is 26.2 Å². The summed E-state index contributed by atoms with van der Waals surface area (Å²) in [5, 5.41) is 0. The third-order valence-electron chi connectivity index (χ3n) is 2.23. The molecule has 0 bridgehead atoms. The van der Waals surface area contributed by atoms with Gasteiger partial charge < -0.3 is 9.13 Å². The fourth-order valence-corrected chi connectivity index (χ4v) is 6.42. The Labute approximate surface area is 86.3 Å². The maximum absolute atomic E-state index is 3.84. The Balaban J connectivity index is 4.02. The lowest BCUT2D eigenvalue weighted by Crippen LogP contribution is -2.48. The highest BCUT2D eigenvalue weighted by Crippen LogP contribution is 2.07. The standard InChI is InChI=1S/C8H21BrN2Si/c1-5-10(6-2)12(9)11(7-3)8-4/h12H,5-8H2,1-4H3. The lowest BCUT2D eigenvalue weighted by Gasteiger charge is -2.32. The first-order valence-electron chi connectivity index (χ1n) is 4.83. The van der Waals surface area contributed by atoms with E-state index >= 15 is 0 Å². The van der Waals surface area contributed by atoms with Crippen LogP contribution in [0.2, 0.25) is 0 Å². The maximum atomic E-state index is 3.84. The Morgan fingerprint density at radius 1 is 0.833 bits per heavy atom. The number of rotatable bonds is 6. The van der Waals surface area contributed by atoms with E-state index in [2.05, 4.69) is 52.1 Å². The average molecular weight is 253 g/mol. The molecule has 0 fully saturated rings. The molecule has 0 radical (unpaired) electrons. The van der Waals surface area contributed by atoms with Crippen molar-refractivity contribution >= 4 is 23.0 Å². The molecule has 0 unspecified atom stereocenters. The molecular weight excluding hydrogens is 232 g/mol. The summed E-state index contributed by atoms with van der Waals surface area (Å²) in [5.74, 6) is 0. The fourth-order valence-electron chi connectivity index (χ4n) is 1.28. The third-order valence-corrected chi connectivity index (χ3v) is 8.37. The van der Waals surface area contributed by atoms with E-state index in [1.165, 1.54) is 0 Å². The first-order chi connectivity index (χ1) is 5.71. The van der Waals surface area contributed by atoms with Gasteiger partial charge >= 0.3 is 0 Å². The molecule has 0 saturated heterocycles. The van der Waals surface area contributed by atoms with E-state index in [9.17, 15) is 0 Å². The van der Waals surface area contributed by atoms with Crippen LogP contribution in [-0.4, -0.2) is 43.0 Å². The van der Waals surface area contributed by atoms with E-state index < -0.39 is 7.74 Å². The Morgan fingerprint density at radius 2 is 1.08 bits per heavy atom. The molecule has 0 heterocycles. The summed E-state index contributed by atoms with van der Waals surface area (Å²) in [6.07, 6.45) is 0. The highest BCUT2D eigenvalue weighted by Gasteiger charge is 2.19. The summed E-state index contributed by atoms with van der Waals surface area (Å²) in [6, 6.07) is 0. The highest BCUT2D eigenvalue weighted by molar-refractivity contribution is 9.24. The van der Waals surface area contributed by atoms with Gasteiger partial charge in [0.05, 0.1) is 0 Å². The molecular formula is C8H21BrN2Si. The normalized spacial score (nSPS) is 12.0. The van der Waals surface area contributed by atoms with E-state index in [1.54, 1.807) is 0 Å². The van der Waals surface area contributed by atoms with Crippen molar-refractivity contribution in [2.45, 2.75) is 27.7 Å². The number of hydrogen-bond acceptors (Lipinski definition) is 2. The van der Waals surface area contributed by atoms with E-state index in [0.717, 1.165) is 26.2 Å². The van der Waals surface area contributed by atoms with Crippen LogP contribution < -0.4 is 0 Å². The Morgan fingerprint density at radius 3 is 1.25 bits per heavy atom. The maximum Gasteiger partial charge on any atom is 0.264 e. The first-order valence-corrected chi connectivity index (χ1v) is 9.04. The van der Waals surface area contributed by atoms with Gasteiger partial charge in [-0.1, -0.05) is 43.0 Å². The van der Waals surface area contributed by atoms with E-state index in [0.29, 0.717) is 0 Å². The van der Waals surface area contributed by atoms with Gasteiger partial charge in [-0.25, -0.2) is 0 Å². The molecule has 0 saturated carbocycles. The second kappa shape index (κ2) is 7.06. The smallest absolute Gasteiger partial charge is 0.264 e. The Bertz CT molecular complexity index is 93.2. The zero-order valence-corrected chi connectivity index (χ0v) is 11.4. The van der Waals surface area contributed by atoms with Crippen LogP contribution in [-0.2, 0) is 0 Å². The van der Waals surface area contributed by atoms with Crippen LogP contribution in [0.3, 0.4) is 0 Å². The quantitative estimate of drug-likeness (QED) is 0.526. The second-order valence-corrected chi connectivity index (χ2v) is 7.29. The Kier molecular flexibility index (Phi) is 7.43. The van der Waals surface area contributed by atoms with Crippen LogP contribution in [0.1, 0.15) is 27.7 Å². The molecule has 0 aromatic rings. The van der Waals surface area contributed by atoms with Gasteiger partial charge in [0.2, 0.25) is 0 Å². The van der Waals surface area contributed by atoms with Crippen LogP contribution in [0.25, 0.3) is 0 Å². The molecule has 0 aromatic carbocycles. The predicted octanol–water partition coefficient (Wildman–Crippen LogP) is 1.78. The molecule has 0 aliphatic heterocycles. The topological polar surface area (TPSA) is 6.48 Å². The second-order valence-electron chi connectivity index (χ2n) is 2.75. The zero-order chi connectivity index (χ0) is 9.56. The van der Waals surface area contributed by atoms with Crippen LogP contribution >= 0.6 is 15.3 Å². The van der Waals surface area contributed by atoms with Crippen molar-refractivity contribution in [2.24, 2.45) is 0 Å². The van der Waals surface area contributed by atoms with E-state index in [-0.39, 0.29) is 0 Å². The van der Waals surface area contributed by atoms with Crippen molar-refractivity contribution < 1.29 is 0 Å². The van der Waals surface area contributed by atoms with E-state index in [4.69, 9.17) is 0 Å². The van der Waals surface area contributed by atoms with Gasteiger partial charge in [0.25, 0.3) is 7.74 Å². The van der Waals surface area contributed by atoms with Crippen LogP contribution in [0.5, 0.6) is 0 Å². The number of halogens is 1. The van der Waals surface area contributed by atoms with Gasteiger partial charge in [0, 0.05) is 0 Å². The SMILES string of the molecule is CCN(CC)[SiH](Br)N(CC)CC. The molecule has 0 rings (SSSR count). The van der Waals surface area contributed by atoms with Crippen molar-refractivity contribution in [1.82, 2.24) is 9.13 Å². The monoisotopic (exact) mass is 252 g/mol. The molecule has 0 spiro atoms. The van der Waals surface area contributed by atoms with Gasteiger partial charge in [0.15, 0.2) is 0 Å². The summed E-state index contributed by atoms with van der Waals surface area (Å²) < 4.78 is 5.07. The van der Waals surface area contributed by atoms with Crippen molar-refractivity contribution in [3.63, 3.8) is 0 Å². The molecule has 4 heteroatoms. The molecule has 0 amide bonds. The highest BCUT2D eigenvalue weighted by atomic mass is 79.9. The van der Waals surface area contributed by atoms with Gasteiger partial charge in [-0.05, 0) is 26.2 Å². The summed E-state index contributed by atoms with van der Waals surface area (Å²) in [4.78, 5) is 0. The molecule has 0 aromatic heterocycles. The largest absolute Gasteiger partial charge is 0.306 e. The van der Waals surface area contributed by atoms with Crippen LogP contribution in [0.15, 0.2) is 0 Å². The van der Waals surface area contributed by atoms with Crippen LogP contribution in [0.4, 0.5) is 0 Å². The summed E-state index contributed by atoms with van der Waals surface area (Å²) in [7, 11) is -0.953. The lowest BCUT2D eigenvalue weighted by atomic mass is 10.7. The minimum absolute atomic E-state index is 0.953. The number of hydrogen-bond donors (Lipinski definition) is 0. The minimum Gasteiger partial charge on any atom is -0.306 e. The first kappa shape index (κ1) is 12.6. The van der Waals surface area contributed by atoms with Crippen molar-refractivity contribution in [3.05, 3.63) is 0 Å². The predicted molar refractivity (Wildman–Crippen MR) is 61.9 cm³/mol. The van der Waals surface area contributed by atoms with E-state index in [1.807, 2.05) is 0 Å². The van der Waals surface area contributed by atoms with Gasteiger partial charge in [-0.2, -0.15) is 0 Å². The third kappa shape index (κ3) is 3.56. The summed E-state index contributed by atoms with van der Waals surface area (Å²) in [6.45, 7) is 13.6. The average Bonchev–Trinajstić information content (AvgIpc) is 2.09. The van der Waals surface area contributed by atoms with Crippen molar-refractivity contribution in [1.29, 1.82) is 0 Å². The molecule has 2 nitrogen and oxygen atoms in total. The molecule has 12 heavy (non-hydrogen) atoms. The molecule has 74 valence electrons. The zero-order valence-electron chi connectivity index (χ0n) is 8.68. The fraction of sp³-hybridized carbons (Fsp3) is 1.00. The summed E-state index contributed by atoms with van der Waals surface area (Å²) >= 11 is 3.84. The van der Waals surface area contributed by atoms with Crippen molar-refractivity contribution in [3.8, 4) is 0 Å². The van der Waals surface area contributed by atoms with Gasteiger partial charge in [0.1, 0.15) is 0 Å². The molecule has 0 aliphatic rings. The molecule has 0 N–H and O–H groups in total. The van der Waals surface area contributed by atoms with Gasteiger partial charge in [-0.3, -0.25) is 0 Å². The minimum atomic E-state index is -0.953. The molecule has 0 atom stereocenters. The molecule has 0 aliphatic carbocycles. The van der Waals surface area contributed by atoms with Gasteiger partial charge in [-0.15, -0.1) is 0 Å². The lowest BCUT2D eigenvalue weighted by molar-refractivity contribution is 0.396. The Hall–Kier alpha value is 0.617.